The number of ether oxygens (including phenoxy) is 1. The van der Waals surface area contributed by atoms with E-state index in [4.69, 9.17) is 17.0 Å². The Bertz CT molecular complexity index is 642. The minimum atomic E-state index is 0.279. The Labute approximate surface area is 142 Å². The van der Waals surface area contributed by atoms with Gasteiger partial charge in [-0.25, -0.2) is 0 Å². The van der Waals surface area contributed by atoms with Crippen LogP contribution in [-0.4, -0.2) is 24.4 Å². The van der Waals surface area contributed by atoms with Crippen LogP contribution in [0.4, 0.5) is 17.1 Å². The molecule has 1 aliphatic heterocycles. The SMILES string of the molecule is S=C(NC[C@H]1CCCO1)Nc1cccc(Nc2ccccc2)c1. The maximum absolute atomic E-state index is 5.58. The third kappa shape index (κ3) is 4.94. The monoisotopic (exact) mass is 327 g/mol. The molecule has 1 atom stereocenters. The fourth-order valence-corrected chi connectivity index (χ4v) is 2.75. The van der Waals surface area contributed by atoms with Crippen LogP contribution in [0.15, 0.2) is 54.6 Å². The van der Waals surface area contributed by atoms with Crippen molar-refractivity contribution in [2.24, 2.45) is 0 Å². The molecule has 2 aromatic carbocycles. The first-order valence-corrected chi connectivity index (χ1v) is 8.29. The summed E-state index contributed by atoms with van der Waals surface area (Å²) in [6.07, 6.45) is 2.52. The minimum absolute atomic E-state index is 0.279. The largest absolute Gasteiger partial charge is 0.376 e. The molecule has 0 aliphatic carbocycles. The Morgan fingerprint density at radius 2 is 1.83 bits per heavy atom. The van der Waals surface area contributed by atoms with Crippen molar-refractivity contribution in [1.82, 2.24) is 5.32 Å². The molecule has 0 spiro atoms. The molecular weight excluding hydrogens is 306 g/mol. The molecule has 0 aromatic heterocycles. The van der Waals surface area contributed by atoms with E-state index in [0.29, 0.717) is 5.11 Å². The first kappa shape index (κ1) is 15.8. The van der Waals surface area contributed by atoms with Gasteiger partial charge in [0.05, 0.1) is 6.10 Å². The van der Waals surface area contributed by atoms with E-state index >= 15 is 0 Å². The second kappa shape index (κ2) is 7.94. The van der Waals surface area contributed by atoms with Gasteiger partial charge in [0.25, 0.3) is 0 Å². The van der Waals surface area contributed by atoms with Gasteiger partial charge in [0, 0.05) is 30.2 Å². The van der Waals surface area contributed by atoms with Crippen molar-refractivity contribution in [1.29, 1.82) is 0 Å². The molecule has 1 aliphatic rings. The van der Waals surface area contributed by atoms with Crippen LogP contribution in [0.1, 0.15) is 12.8 Å². The van der Waals surface area contributed by atoms with Gasteiger partial charge in [0.2, 0.25) is 0 Å². The summed E-state index contributed by atoms with van der Waals surface area (Å²) in [6.45, 7) is 1.62. The lowest BCUT2D eigenvalue weighted by Crippen LogP contribution is -2.34. The van der Waals surface area contributed by atoms with E-state index in [0.717, 1.165) is 43.1 Å². The maximum atomic E-state index is 5.58. The molecule has 2 aromatic rings. The number of hydrogen-bond acceptors (Lipinski definition) is 3. The van der Waals surface area contributed by atoms with Crippen molar-refractivity contribution in [2.45, 2.75) is 18.9 Å². The molecule has 5 heteroatoms. The van der Waals surface area contributed by atoms with Crippen molar-refractivity contribution >= 4 is 34.4 Å². The molecule has 4 nitrogen and oxygen atoms in total. The molecular formula is C18H21N3OS. The van der Waals surface area contributed by atoms with Crippen LogP contribution < -0.4 is 16.0 Å². The number of thiocarbonyl (C=S) groups is 1. The van der Waals surface area contributed by atoms with Crippen molar-refractivity contribution < 1.29 is 4.74 Å². The zero-order valence-corrected chi connectivity index (χ0v) is 13.7. The first-order chi connectivity index (χ1) is 11.3. The van der Waals surface area contributed by atoms with Crippen LogP contribution in [0.25, 0.3) is 0 Å². The second-order valence-electron chi connectivity index (χ2n) is 5.54. The minimum Gasteiger partial charge on any atom is -0.376 e. The van der Waals surface area contributed by atoms with Crippen LogP contribution in [-0.2, 0) is 4.74 Å². The highest BCUT2D eigenvalue weighted by Gasteiger charge is 2.15. The Kier molecular flexibility index (Phi) is 5.45. The van der Waals surface area contributed by atoms with Crippen LogP contribution in [0, 0.1) is 0 Å². The molecule has 1 heterocycles. The molecule has 120 valence electrons. The van der Waals surface area contributed by atoms with Crippen molar-refractivity contribution in [3.05, 3.63) is 54.6 Å². The highest BCUT2D eigenvalue weighted by molar-refractivity contribution is 7.80. The van der Waals surface area contributed by atoms with Gasteiger partial charge < -0.3 is 20.7 Å². The van der Waals surface area contributed by atoms with Crippen LogP contribution >= 0.6 is 12.2 Å². The van der Waals surface area contributed by atoms with Gasteiger partial charge >= 0.3 is 0 Å². The number of anilines is 3. The van der Waals surface area contributed by atoms with Gasteiger partial charge in [-0.05, 0) is 55.4 Å². The van der Waals surface area contributed by atoms with E-state index in [2.05, 4.69) is 16.0 Å². The van der Waals surface area contributed by atoms with E-state index in [1.165, 1.54) is 0 Å². The quantitative estimate of drug-likeness (QED) is 0.727. The summed E-state index contributed by atoms with van der Waals surface area (Å²) in [5.41, 5.74) is 3.03. The predicted molar refractivity (Wildman–Crippen MR) is 99.4 cm³/mol. The lowest BCUT2D eigenvalue weighted by atomic mass is 10.2. The molecule has 23 heavy (non-hydrogen) atoms. The molecule has 0 bridgehead atoms. The van der Waals surface area contributed by atoms with Crippen LogP contribution in [0.3, 0.4) is 0 Å². The Balaban J connectivity index is 1.53. The summed E-state index contributed by atoms with van der Waals surface area (Å²) < 4.78 is 5.58. The first-order valence-electron chi connectivity index (χ1n) is 7.88. The van der Waals surface area contributed by atoms with Crippen molar-refractivity contribution in [3.63, 3.8) is 0 Å². The summed E-state index contributed by atoms with van der Waals surface area (Å²) in [6, 6.07) is 18.1. The summed E-state index contributed by atoms with van der Waals surface area (Å²) in [4.78, 5) is 0. The van der Waals surface area contributed by atoms with E-state index < -0.39 is 0 Å². The third-order valence-corrected chi connectivity index (χ3v) is 3.94. The highest BCUT2D eigenvalue weighted by atomic mass is 32.1. The zero-order chi connectivity index (χ0) is 15.9. The summed E-state index contributed by atoms with van der Waals surface area (Å²) in [5, 5.41) is 10.4. The van der Waals surface area contributed by atoms with Crippen molar-refractivity contribution in [2.75, 3.05) is 23.8 Å². The topological polar surface area (TPSA) is 45.3 Å². The molecule has 1 saturated heterocycles. The van der Waals surface area contributed by atoms with Gasteiger partial charge in [-0.3, -0.25) is 0 Å². The maximum Gasteiger partial charge on any atom is 0.170 e. The summed E-state index contributed by atoms with van der Waals surface area (Å²) in [7, 11) is 0. The van der Waals surface area contributed by atoms with Gasteiger partial charge in [-0.1, -0.05) is 24.3 Å². The Morgan fingerprint density at radius 3 is 2.61 bits per heavy atom. The van der Waals surface area contributed by atoms with Crippen LogP contribution in [0.2, 0.25) is 0 Å². The molecule has 1 fully saturated rings. The highest BCUT2D eigenvalue weighted by Crippen LogP contribution is 2.20. The van der Waals surface area contributed by atoms with E-state index in [9.17, 15) is 0 Å². The molecule has 0 radical (unpaired) electrons. The lowest BCUT2D eigenvalue weighted by Gasteiger charge is -2.15. The average molecular weight is 327 g/mol. The van der Waals surface area contributed by atoms with Gasteiger partial charge in [-0.15, -0.1) is 0 Å². The normalized spacial score (nSPS) is 16.8. The standard InChI is InChI=1S/C18H21N3OS/c23-18(19-13-17-10-5-11-22-17)21-16-9-4-8-15(12-16)20-14-6-2-1-3-7-14/h1-4,6-9,12,17,20H,5,10-11,13H2,(H2,19,21,23)/t17-/m1/s1. The Morgan fingerprint density at radius 1 is 1.04 bits per heavy atom. The lowest BCUT2D eigenvalue weighted by molar-refractivity contribution is 0.114. The van der Waals surface area contributed by atoms with Crippen LogP contribution in [0.5, 0.6) is 0 Å². The third-order valence-electron chi connectivity index (χ3n) is 3.70. The second-order valence-corrected chi connectivity index (χ2v) is 5.95. The number of nitrogens with one attached hydrogen (secondary N) is 3. The molecule has 0 saturated carbocycles. The summed E-state index contributed by atoms with van der Waals surface area (Å²) >= 11 is 5.35. The fourth-order valence-electron chi connectivity index (χ4n) is 2.55. The average Bonchev–Trinajstić information content (AvgIpc) is 3.08. The van der Waals surface area contributed by atoms with Gasteiger partial charge in [-0.2, -0.15) is 0 Å². The van der Waals surface area contributed by atoms with E-state index in [1.807, 2.05) is 54.6 Å². The number of benzene rings is 2. The molecule has 0 amide bonds. The number of hydrogen-bond donors (Lipinski definition) is 3. The predicted octanol–water partition coefficient (Wildman–Crippen LogP) is 3.90. The van der Waals surface area contributed by atoms with E-state index in [1.54, 1.807) is 0 Å². The van der Waals surface area contributed by atoms with Gasteiger partial charge in [0.15, 0.2) is 5.11 Å². The molecule has 3 N–H and O–H groups in total. The summed E-state index contributed by atoms with van der Waals surface area (Å²) in [5.74, 6) is 0. The fraction of sp³-hybridized carbons (Fsp3) is 0.278. The number of para-hydroxylation sites is 1. The molecule has 3 rings (SSSR count). The Hall–Kier alpha value is -2.11. The van der Waals surface area contributed by atoms with Gasteiger partial charge in [0.1, 0.15) is 0 Å². The van der Waals surface area contributed by atoms with E-state index in [-0.39, 0.29) is 6.10 Å². The van der Waals surface area contributed by atoms with Crippen molar-refractivity contribution in [3.8, 4) is 0 Å². The number of rotatable bonds is 5. The molecule has 0 unspecified atom stereocenters. The zero-order valence-electron chi connectivity index (χ0n) is 12.9. The smallest absolute Gasteiger partial charge is 0.170 e.